The number of carboxylic acid groups (broad SMARTS) is 1. The summed E-state index contributed by atoms with van der Waals surface area (Å²) in [6.07, 6.45) is 4.42. The third kappa shape index (κ3) is 7.33. The quantitative estimate of drug-likeness (QED) is 0.262. The van der Waals surface area contributed by atoms with Crippen LogP contribution in [-0.2, 0) is 40.4 Å². The highest BCUT2D eigenvalue weighted by Gasteiger charge is 2.22. The Morgan fingerprint density at radius 3 is 2.64 bits per heavy atom. The van der Waals surface area contributed by atoms with Crippen LogP contribution in [0.1, 0.15) is 28.2 Å². The molecular formula is C19H20N7O6S-. The van der Waals surface area contributed by atoms with Gasteiger partial charge in [-0.05, 0) is 24.3 Å². The molecule has 33 heavy (non-hydrogen) atoms. The number of H-pyrrole nitrogens is 1. The first kappa shape index (κ1) is 23.7. The van der Waals surface area contributed by atoms with Gasteiger partial charge in [0.15, 0.2) is 5.78 Å². The molecule has 2 aromatic heterocycles. The SMILES string of the molecule is O=C(CC(Cc1cnc[nH]1)C(=O)O)Cn1cc(CNC(=O)c2ccc(NS(=O)[O-])cc2)nn1. The molecule has 1 aromatic carbocycles. The number of aromatic nitrogens is 5. The Labute approximate surface area is 190 Å². The Bertz CT molecular complexity index is 1130. The smallest absolute Gasteiger partial charge is 0.307 e. The highest BCUT2D eigenvalue weighted by atomic mass is 32.2. The second-order valence-electron chi connectivity index (χ2n) is 7.06. The Morgan fingerprint density at radius 2 is 2.00 bits per heavy atom. The predicted molar refractivity (Wildman–Crippen MR) is 113 cm³/mol. The second-order valence-corrected chi connectivity index (χ2v) is 7.74. The number of rotatable bonds is 12. The molecule has 3 rings (SSSR count). The maximum absolute atomic E-state index is 12.3. The van der Waals surface area contributed by atoms with E-state index in [1.165, 1.54) is 47.7 Å². The van der Waals surface area contributed by atoms with Crippen molar-refractivity contribution >= 4 is 34.6 Å². The van der Waals surface area contributed by atoms with Gasteiger partial charge < -0.3 is 24.7 Å². The number of hydrogen-bond donors (Lipinski definition) is 4. The van der Waals surface area contributed by atoms with Crippen LogP contribution < -0.4 is 10.0 Å². The molecule has 0 aliphatic carbocycles. The second kappa shape index (κ2) is 11.1. The zero-order valence-electron chi connectivity index (χ0n) is 17.1. The molecule has 0 saturated heterocycles. The molecule has 0 aliphatic heterocycles. The fourth-order valence-corrected chi connectivity index (χ4v) is 3.31. The highest BCUT2D eigenvalue weighted by Crippen LogP contribution is 2.13. The Hall–Kier alpha value is -3.91. The van der Waals surface area contributed by atoms with Crippen LogP contribution in [0.5, 0.6) is 0 Å². The summed E-state index contributed by atoms with van der Waals surface area (Å²) in [7, 11) is 0. The Kier molecular flexibility index (Phi) is 7.99. The maximum Gasteiger partial charge on any atom is 0.307 e. The van der Waals surface area contributed by atoms with Gasteiger partial charge in [-0.2, -0.15) is 0 Å². The molecular weight excluding hydrogens is 454 g/mol. The zero-order chi connectivity index (χ0) is 23.8. The molecule has 0 bridgehead atoms. The van der Waals surface area contributed by atoms with E-state index in [-0.39, 0.29) is 31.7 Å². The molecule has 0 radical (unpaired) electrons. The molecule has 0 fully saturated rings. The van der Waals surface area contributed by atoms with Gasteiger partial charge in [0.1, 0.15) is 12.2 Å². The van der Waals surface area contributed by atoms with Gasteiger partial charge in [-0.15, -0.1) is 5.10 Å². The van der Waals surface area contributed by atoms with Crippen molar-refractivity contribution in [2.24, 2.45) is 5.92 Å². The van der Waals surface area contributed by atoms with Crippen molar-refractivity contribution in [1.82, 2.24) is 30.3 Å². The summed E-state index contributed by atoms with van der Waals surface area (Å²) in [5.41, 5.74) is 1.67. The first-order chi connectivity index (χ1) is 15.8. The van der Waals surface area contributed by atoms with Gasteiger partial charge in [-0.1, -0.05) is 5.21 Å². The van der Waals surface area contributed by atoms with Crippen LogP contribution in [0.15, 0.2) is 43.0 Å². The first-order valence-corrected chi connectivity index (χ1v) is 10.7. The number of carbonyl (C=O) groups is 3. The average Bonchev–Trinajstić information content (AvgIpc) is 3.43. The number of hydrogen-bond acceptors (Lipinski definition) is 8. The molecule has 4 N–H and O–H groups in total. The van der Waals surface area contributed by atoms with E-state index < -0.39 is 29.1 Å². The van der Waals surface area contributed by atoms with Gasteiger partial charge in [0.05, 0.1) is 25.0 Å². The molecule has 0 saturated carbocycles. The molecule has 2 heterocycles. The molecule has 1 amide bonds. The van der Waals surface area contributed by atoms with Crippen LogP contribution in [-0.4, -0.2) is 56.5 Å². The van der Waals surface area contributed by atoms with Crippen LogP contribution in [0.4, 0.5) is 5.69 Å². The van der Waals surface area contributed by atoms with Gasteiger partial charge in [0.25, 0.3) is 5.91 Å². The summed E-state index contributed by atoms with van der Waals surface area (Å²) in [5.74, 6) is -2.70. The van der Waals surface area contributed by atoms with Gasteiger partial charge in [-0.3, -0.25) is 18.6 Å². The van der Waals surface area contributed by atoms with Crippen LogP contribution in [0.3, 0.4) is 0 Å². The lowest BCUT2D eigenvalue weighted by molar-refractivity contribution is -0.143. The van der Waals surface area contributed by atoms with Crippen LogP contribution in [0.25, 0.3) is 0 Å². The normalized spacial score (nSPS) is 12.6. The van der Waals surface area contributed by atoms with Crippen molar-refractivity contribution in [2.45, 2.75) is 25.9 Å². The predicted octanol–water partition coefficient (Wildman–Crippen LogP) is 0.0399. The molecule has 2 atom stereocenters. The van der Waals surface area contributed by atoms with Crippen LogP contribution in [0.2, 0.25) is 0 Å². The minimum atomic E-state index is -2.45. The molecule has 0 aliphatic rings. The van der Waals surface area contributed by atoms with Crippen molar-refractivity contribution in [3.63, 3.8) is 0 Å². The van der Waals surface area contributed by atoms with Gasteiger partial charge in [-0.25, -0.2) is 9.67 Å². The number of Topliss-reactive ketones (excluding diaryl/α,β-unsaturated/α-hetero) is 1. The van der Waals surface area contributed by atoms with E-state index in [2.05, 4.69) is 30.3 Å². The molecule has 2 unspecified atom stereocenters. The Morgan fingerprint density at radius 1 is 1.24 bits per heavy atom. The van der Waals surface area contributed by atoms with Crippen molar-refractivity contribution in [3.8, 4) is 0 Å². The summed E-state index contributed by atoms with van der Waals surface area (Å²) < 4.78 is 24.7. The third-order valence-corrected chi connectivity index (χ3v) is 4.95. The van der Waals surface area contributed by atoms with E-state index >= 15 is 0 Å². The summed E-state index contributed by atoms with van der Waals surface area (Å²) >= 11 is -2.45. The number of benzene rings is 1. The van der Waals surface area contributed by atoms with E-state index in [9.17, 15) is 28.3 Å². The van der Waals surface area contributed by atoms with Crippen molar-refractivity contribution in [2.75, 3.05) is 4.72 Å². The minimum Gasteiger partial charge on any atom is -0.755 e. The van der Waals surface area contributed by atoms with Crippen molar-refractivity contribution in [3.05, 3.63) is 59.9 Å². The fraction of sp³-hybridized carbons (Fsp3) is 0.263. The zero-order valence-corrected chi connectivity index (χ0v) is 17.9. The van der Waals surface area contributed by atoms with Gasteiger partial charge >= 0.3 is 5.97 Å². The number of amides is 1. The van der Waals surface area contributed by atoms with E-state index in [4.69, 9.17) is 0 Å². The number of imidazole rings is 1. The third-order valence-electron chi connectivity index (χ3n) is 4.55. The molecule has 0 spiro atoms. The molecule has 3 aromatic rings. The first-order valence-electron chi connectivity index (χ1n) is 9.65. The molecule has 14 heteroatoms. The van der Waals surface area contributed by atoms with Crippen LogP contribution >= 0.6 is 0 Å². The topological polar surface area (TPSA) is 195 Å². The summed E-state index contributed by atoms with van der Waals surface area (Å²) in [5, 5.41) is 19.7. The summed E-state index contributed by atoms with van der Waals surface area (Å²) in [4.78, 5) is 42.7. The lowest BCUT2D eigenvalue weighted by Crippen LogP contribution is -2.23. The monoisotopic (exact) mass is 474 g/mol. The van der Waals surface area contributed by atoms with Gasteiger partial charge in [0.2, 0.25) is 0 Å². The average molecular weight is 474 g/mol. The van der Waals surface area contributed by atoms with Gasteiger partial charge in [0, 0.05) is 47.2 Å². The number of nitrogens with zero attached hydrogens (tertiary/aromatic N) is 4. The number of anilines is 1. The number of aromatic amines is 1. The summed E-state index contributed by atoms with van der Waals surface area (Å²) in [6, 6.07) is 5.82. The number of carbonyl (C=O) groups excluding carboxylic acids is 2. The molecule has 13 nitrogen and oxygen atoms in total. The fourth-order valence-electron chi connectivity index (χ4n) is 2.98. The summed E-state index contributed by atoms with van der Waals surface area (Å²) in [6.45, 7) is -0.0988. The number of nitrogens with one attached hydrogen (secondary N) is 3. The van der Waals surface area contributed by atoms with E-state index in [1.54, 1.807) is 0 Å². The number of ketones is 1. The standard InChI is InChI=1S/C19H21N7O6S/c27-17(6-13(19(29)30)5-15-7-20-11-22-15)10-26-9-16(23-25-26)8-21-18(28)12-1-3-14(4-2-12)24-33(31)32/h1-4,7,9,11,13,24H,5-6,8,10H2,(H,20,22)(H,21,28)(H,29,30)(H,31,32)/p-1. The van der Waals surface area contributed by atoms with Crippen molar-refractivity contribution in [1.29, 1.82) is 0 Å². The van der Waals surface area contributed by atoms with E-state index in [0.717, 1.165) is 0 Å². The van der Waals surface area contributed by atoms with Crippen molar-refractivity contribution < 1.29 is 28.3 Å². The largest absolute Gasteiger partial charge is 0.755 e. The van der Waals surface area contributed by atoms with Crippen LogP contribution in [0, 0.1) is 5.92 Å². The number of carboxylic acids is 1. The lowest BCUT2D eigenvalue weighted by atomic mass is 9.97. The highest BCUT2D eigenvalue weighted by molar-refractivity contribution is 7.80. The molecule has 174 valence electrons. The maximum atomic E-state index is 12.3. The lowest BCUT2D eigenvalue weighted by Gasteiger charge is -2.10. The number of aliphatic carboxylic acids is 1. The van der Waals surface area contributed by atoms with E-state index in [1.807, 2.05) is 0 Å². The Balaban J connectivity index is 1.48. The minimum absolute atomic E-state index is 0.0508. The van der Waals surface area contributed by atoms with E-state index in [0.29, 0.717) is 22.6 Å².